The van der Waals surface area contributed by atoms with Gasteiger partial charge in [-0.3, -0.25) is 0 Å². The summed E-state index contributed by atoms with van der Waals surface area (Å²) < 4.78 is 5.82. The van der Waals surface area contributed by atoms with Crippen molar-refractivity contribution in [3.05, 3.63) is 29.8 Å². The normalized spacial score (nSPS) is 11.9. The lowest BCUT2D eigenvalue weighted by Gasteiger charge is -2.22. The van der Waals surface area contributed by atoms with Gasteiger partial charge >= 0.3 is 0 Å². The van der Waals surface area contributed by atoms with E-state index < -0.39 is 0 Å². The van der Waals surface area contributed by atoms with Crippen LogP contribution in [0.15, 0.2) is 24.3 Å². The molecule has 0 saturated carbocycles. The number of rotatable bonds is 5. The van der Waals surface area contributed by atoms with Crippen LogP contribution in [0.25, 0.3) is 0 Å². The Morgan fingerprint density at radius 2 is 2.00 bits per heavy atom. The van der Waals surface area contributed by atoms with Crippen molar-refractivity contribution >= 4 is 15.9 Å². The maximum atomic E-state index is 5.82. The summed E-state index contributed by atoms with van der Waals surface area (Å²) in [6.07, 6.45) is 0. The first-order valence-electron chi connectivity index (χ1n) is 5.73. The van der Waals surface area contributed by atoms with Gasteiger partial charge in [0.15, 0.2) is 0 Å². The molecule has 1 aromatic carbocycles. The van der Waals surface area contributed by atoms with E-state index in [4.69, 9.17) is 4.74 Å². The molecule has 0 spiro atoms. The molecular weight excluding hydrogens is 264 g/mol. The second kappa shape index (κ2) is 5.72. The van der Waals surface area contributed by atoms with Crippen molar-refractivity contribution < 1.29 is 4.74 Å². The fraction of sp³-hybridized carbons (Fsp3) is 0.571. The molecule has 0 amide bonds. The molecule has 0 atom stereocenters. The maximum Gasteiger partial charge on any atom is 0.119 e. The fourth-order valence-corrected chi connectivity index (χ4v) is 1.44. The summed E-state index contributed by atoms with van der Waals surface area (Å²) >= 11 is 3.50. The third kappa shape index (κ3) is 4.17. The number of halogens is 1. The van der Waals surface area contributed by atoms with Gasteiger partial charge in [0, 0.05) is 10.7 Å². The van der Waals surface area contributed by atoms with Crippen LogP contribution in [-0.4, -0.2) is 11.9 Å². The van der Waals surface area contributed by atoms with Crippen molar-refractivity contribution in [3.63, 3.8) is 0 Å². The summed E-state index contributed by atoms with van der Waals surface area (Å²) in [4.78, 5) is 0. The largest absolute Gasteiger partial charge is 0.493 e. The Bertz CT molecular complexity index is 331. The van der Waals surface area contributed by atoms with E-state index in [0.717, 1.165) is 17.7 Å². The lowest BCUT2D eigenvalue weighted by atomic mass is 9.98. The highest BCUT2D eigenvalue weighted by Crippen LogP contribution is 2.23. The molecule has 0 aliphatic heterocycles. The SMILES string of the molecule is CC(C)c1cccc(OCC(C)(C)CBr)c1. The lowest BCUT2D eigenvalue weighted by molar-refractivity contribution is 0.203. The highest BCUT2D eigenvalue weighted by atomic mass is 79.9. The van der Waals surface area contributed by atoms with Crippen molar-refractivity contribution in [2.24, 2.45) is 5.41 Å². The van der Waals surface area contributed by atoms with Crippen LogP contribution in [0.2, 0.25) is 0 Å². The quantitative estimate of drug-likeness (QED) is 0.718. The highest BCUT2D eigenvalue weighted by molar-refractivity contribution is 9.09. The molecule has 0 aromatic heterocycles. The van der Waals surface area contributed by atoms with Gasteiger partial charge in [-0.15, -0.1) is 0 Å². The zero-order valence-corrected chi connectivity index (χ0v) is 12.2. The summed E-state index contributed by atoms with van der Waals surface area (Å²) in [6, 6.07) is 8.37. The second-order valence-electron chi connectivity index (χ2n) is 5.31. The minimum absolute atomic E-state index is 0.174. The van der Waals surface area contributed by atoms with Crippen LogP contribution < -0.4 is 4.74 Å². The second-order valence-corrected chi connectivity index (χ2v) is 5.87. The fourth-order valence-electron chi connectivity index (χ4n) is 1.28. The van der Waals surface area contributed by atoms with Gasteiger partial charge in [0.25, 0.3) is 0 Å². The minimum atomic E-state index is 0.174. The molecular formula is C14H21BrO. The zero-order valence-electron chi connectivity index (χ0n) is 10.6. The van der Waals surface area contributed by atoms with Crippen molar-refractivity contribution in [2.45, 2.75) is 33.6 Å². The van der Waals surface area contributed by atoms with Crippen LogP contribution in [0.3, 0.4) is 0 Å². The van der Waals surface area contributed by atoms with Gasteiger partial charge in [-0.1, -0.05) is 55.8 Å². The number of ether oxygens (including phenoxy) is 1. The van der Waals surface area contributed by atoms with E-state index in [1.54, 1.807) is 0 Å². The average molecular weight is 285 g/mol. The molecule has 1 aromatic rings. The molecule has 0 saturated heterocycles. The molecule has 0 N–H and O–H groups in total. The average Bonchev–Trinajstić information content (AvgIpc) is 2.27. The first-order chi connectivity index (χ1) is 7.44. The number of hydrogen-bond donors (Lipinski definition) is 0. The van der Waals surface area contributed by atoms with E-state index in [2.05, 4.69) is 61.8 Å². The summed E-state index contributed by atoms with van der Waals surface area (Å²) in [5.41, 5.74) is 1.50. The van der Waals surface area contributed by atoms with Gasteiger partial charge in [-0.2, -0.15) is 0 Å². The van der Waals surface area contributed by atoms with E-state index in [-0.39, 0.29) is 5.41 Å². The van der Waals surface area contributed by atoms with Crippen molar-refractivity contribution in [2.75, 3.05) is 11.9 Å². The van der Waals surface area contributed by atoms with Crippen LogP contribution in [-0.2, 0) is 0 Å². The molecule has 0 aliphatic carbocycles. The summed E-state index contributed by atoms with van der Waals surface area (Å²) in [5, 5.41) is 0.948. The number of benzene rings is 1. The highest BCUT2D eigenvalue weighted by Gasteiger charge is 2.17. The third-order valence-electron chi connectivity index (χ3n) is 2.52. The van der Waals surface area contributed by atoms with Crippen molar-refractivity contribution in [1.82, 2.24) is 0 Å². The van der Waals surface area contributed by atoms with Gasteiger partial charge in [0.1, 0.15) is 5.75 Å². The van der Waals surface area contributed by atoms with E-state index in [1.165, 1.54) is 5.56 Å². The lowest BCUT2D eigenvalue weighted by Crippen LogP contribution is -2.22. The van der Waals surface area contributed by atoms with Crippen molar-refractivity contribution in [1.29, 1.82) is 0 Å². The smallest absolute Gasteiger partial charge is 0.119 e. The molecule has 0 heterocycles. The molecule has 90 valence electrons. The predicted octanol–water partition coefficient (Wildman–Crippen LogP) is 4.61. The first kappa shape index (κ1) is 13.6. The van der Waals surface area contributed by atoms with E-state index in [1.807, 2.05) is 6.07 Å². The topological polar surface area (TPSA) is 9.23 Å². The Balaban J connectivity index is 2.64. The third-order valence-corrected chi connectivity index (χ3v) is 4.03. The Morgan fingerprint density at radius 3 is 2.56 bits per heavy atom. The Morgan fingerprint density at radius 1 is 1.31 bits per heavy atom. The van der Waals surface area contributed by atoms with Gasteiger partial charge < -0.3 is 4.74 Å². The van der Waals surface area contributed by atoms with Gasteiger partial charge in [0.05, 0.1) is 6.61 Å². The monoisotopic (exact) mass is 284 g/mol. The Labute approximate surface area is 107 Å². The van der Waals surface area contributed by atoms with Crippen LogP contribution in [0, 0.1) is 5.41 Å². The first-order valence-corrected chi connectivity index (χ1v) is 6.85. The zero-order chi connectivity index (χ0) is 12.2. The Kier molecular flexibility index (Phi) is 4.85. The summed E-state index contributed by atoms with van der Waals surface area (Å²) in [5.74, 6) is 1.52. The maximum absolute atomic E-state index is 5.82. The number of hydrogen-bond acceptors (Lipinski definition) is 1. The van der Waals surface area contributed by atoms with E-state index in [0.29, 0.717) is 5.92 Å². The molecule has 16 heavy (non-hydrogen) atoms. The predicted molar refractivity (Wildman–Crippen MR) is 73.6 cm³/mol. The summed E-state index contributed by atoms with van der Waals surface area (Å²) in [7, 11) is 0. The minimum Gasteiger partial charge on any atom is -0.493 e. The van der Waals surface area contributed by atoms with Crippen LogP contribution in [0.5, 0.6) is 5.75 Å². The number of alkyl halides is 1. The molecule has 1 nitrogen and oxygen atoms in total. The van der Waals surface area contributed by atoms with Crippen LogP contribution >= 0.6 is 15.9 Å². The molecule has 1 rings (SSSR count). The Hall–Kier alpha value is -0.500. The van der Waals surface area contributed by atoms with Crippen molar-refractivity contribution in [3.8, 4) is 5.75 Å². The van der Waals surface area contributed by atoms with Crippen LogP contribution in [0.4, 0.5) is 0 Å². The standard InChI is InChI=1S/C14H21BrO/c1-11(2)12-6-5-7-13(8-12)16-10-14(3,4)9-15/h5-8,11H,9-10H2,1-4H3. The molecule has 0 fully saturated rings. The van der Waals surface area contributed by atoms with E-state index in [9.17, 15) is 0 Å². The molecule has 0 bridgehead atoms. The van der Waals surface area contributed by atoms with Gasteiger partial charge in [-0.05, 0) is 23.6 Å². The van der Waals surface area contributed by atoms with Gasteiger partial charge in [-0.25, -0.2) is 0 Å². The summed E-state index contributed by atoms with van der Waals surface area (Å²) in [6.45, 7) is 9.50. The molecule has 2 heteroatoms. The van der Waals surface area contributed by atoms with Gasteiger partial charge in [0.2, 0.25) is 0 Å². The molecule has 0 radical (unpaired) electrons. The van der Waals surface area contributed by atoms with E-state index >= 15 is 0 Å². The molecule has 0 unspecified atom stereocenters. The van der Waals surface area contributed by atoms with Crippen LogP contribution in [0.1, 0.15) is 39.2 Å². The molecule has 0 aliphatic rings.